The van der Waals surface area contributed by atoms with Gasteiger partial charge in [-0.3, -0.25) is 10.1 Å². The molecule has 0 aliphatic carbocycles. The molecule has 2 aromatic carbocycles. The molecule has 0 spiro atoms. The van der Waals surface area contributed by atoms with E-state index in [0.717, 1.165) is 39.0 Å². The fourth-order valence-corrected chi connectivity index (χ4v) is 3.58. The Hall–Kier alpha value is -4.33. The number of rotatable bonds is 6. The van der Waals surface area contributed by atoms with Crippen LogP contribution in [0.15, 0.2) is 73.3 Å². The van der Waals surface area contributed by atoms with Crippen molar-refractivity contribution in [2.75, 3.05) is 12.4 Å². The third-order valence-electron chi connectivity index (χ3n) is 5.16. The lowest BCUT2D eigenvalue weighted by Gasteiger charge is -2.13. The molecule has 0 fully saturated rings. The molecule has 0 aliphatic heterocycles. The Kier molecular flexibility index (Phi) is 5.17. The number of fused-ring (bicyclic) bond motifs is 1. The first kappa shape index (κ1) is 19.6. The van der Waals surface area contributed by atoms with Crippen LogP contribution in [0.25, 0.3) is 33.3 Å². The number of nitrogens with zero attached hydrogens (tertiary/aromatic N) is 4. The molecule has 7 nitrogen and oxygen atoms in total. The molecule has 0 unspecified atom stereocenters. The van der Waals surface area contributed by atoms with Crippen LogP contribution in [0.1, 0.15) is 5.69 Å². The lowest BCUT2D eigenvalue weighted by atomic mass is 10.00. The average molecular weight is 426 g/mol. The predicted molar refractivity (Wildman–Crippen MR) is 121 cm³/mol. The molecule has 0 radical (unpaired) electrons. The van der Waals surface area contributed by atoms with Crippen molar-refractivity contribution in [3.63, 3.8) is 0 Å². The monoisotopic (exact) mass is 426 g/mol. The van der Waals surface area contributed by atoms with E-state index in [2.05, 4.69) is 30.5 Å². The van der Waals surface area contributed by atoms with Crippen molar-refractivity contribution >= 4 is 16.7 Å². The summed E-state index contributed by atoms with van der Waals surface area (Å²) in [5, 5.41) is 11.6. The van der Waals surface area contributed by atoms with Gasteiger partial charge in [0.1, 0.15) is 23.7 Å². The Morgan fingerprint density at radius 1 is 0.969 bits per heavy atom. The van der Waals surface area contributed by atoms with Crippen LogP contribution in [0.3, 0.4) is 0 Å². The Balaban J connectivity index is 1.50. The highest BCUT2D eigenvalue weighted by Crippen LogP contribution is 2.35. The quantitative estimate of drug-likeness (QED) is 0.404. The smallest absolute Gasteiger partial charge is 0.138 e. The largest absolute Gasteiger partial charge is 0.497 e. The van der Waals surface area contributed by atoms with Crippen LogP contribution in [0.2, 0.25) is 0 Å². The molecule has 5 aromatic rings. The van der Waals surface area contributed by atoms with E-state index in [1.165, 1.54) is 18.5 Å². The minimum atomic E-state index is -0.292. The van der Waals surface area contributed by atoms with E-state index in [1.54, 1.807) is 31.6 Å². The number of hydrogen-bond acceptors (Lipinski definition) is 6. The normalized spacial score (nSPS) is 10.9. The van der Waals surface area contributed by atoms with Crippen molar-refractivity contribution in [2.45, 2.75) is 6.54 Å². The maximum atomic E-state index is 13.5. The zero-order valence-corrected chi connectivity index (χ0v) is 17.2. The van der Waals surface area contributed by atoms with Gasteiger partial charge in [-0.25, -0.2) is 14.4 Å². The number of methoxy groups -OCH3 is 1. The molecule has 0 atom stereocenters. The van der Waals surface area contributed by atoms with Crippen LogP contribution in [-0.4, -0.2) is 32.3 Å². The van der Waals surface area contributed by atoms with Crippen molar-refractivity contribution in [1.29, 1.82) is 0 Å². The van der Waals surface area contributed by atoms with Crippen LogP contribution in [0.5, 0.6) is 5.75 Å². The number of aromatic amines is 1. The molecule has 0 aliphatic rings. The maximum Gasteiger partial charge on any atom is 0.138 e. The van der Waals surface area contributed by atoms with Gasteiger partial charge in [-0.2, -0.15) is 5.10 Å². The van der Waals surface area contributed by atoms with E-state index in [0.29, 0.717) is 18.1 Å². The molecule has 0 amide bonds. The summed E-state index contributed by atoms with van der Waals surface area (Å²) in [7, 11) is 1.61. The number of aromatic nitrogens is 5. The molecular formula is C24H19FN6O. The molecule has 3 heterocycles. The summed E-state index contributed by atoms with van der Waals surface area (Å²) in [5.41, 5.74) is 5.15. The van der Waals surface area contributed by atoms with Crippen molar-refractivity contribution in [1.82, 2.24) is 25.1 Å². The van der Waals surface area contributed by atoms with Crippen molar-refractivity contribution in [3.05, 3.63) is 84.8 Å². The number of anilines is 1. The molecular weight excluding hydrogens is 407 g/mol. The number of H-pyrrole nitrogens is 1. The Morgan fingerprint density at radius 2 is 1.78 bits per heavy atom. The average Bonchev–Trinajstić information content (AvgIpc) is 3.32. The first-order valence-corrected chi connectivity index (χ1v) is 9.98. The Labute approximate surface area is 183 Å². The van der Waals surface area contributed by atoms with Gasteiger partial charge in [0.15, 0.2) is 0 Å². The molecule has 158 valence electrons. The number of benzene rings is 2. The third-order valence-corrected chi connectivity index (χ3v) is 5.16. The Morgan fingerprint density at radius 3 is 2.56 bits per heavy atom. The second-order valence-electron chi connectivity index (χ2n) is 7.17. The molecule has 8 heteroatoms. The lowest BCUT2D eigenvalue weighted by molar-refractivity contribution is 0.415. The standard InChI is InChI=1S/C24H19FN6O/c1-32-19-11-20(15-2-4-17(25)5-3-15)23-22(12-19)28-14-29-24(23)27-13-18-10-21(31-30-18)16-6-8-26-9-7-16/h2-12,14H,13H2,1H3,(H,30,31)(H,27,28,29). The van der Waals surface area contributed by atoms with Crippen LogP contribution in [-0.2, 0) is 6.54 Å². The van der Waals surface area contributed by atoms with Crippen molar-refractivity contribution in [3.8, 4) is 28.1 Å². The van der Waals surface area contributed by atoms with Gasteiger partial charge in [0.25, 0.3) is 0 Å². The summed E-state index contributed by atoms with van der Waals surface area (Å²) >= 11 is 0. The van der Waals surface area contributed by atoms with E-state index < -0.39 is 0 Å². The van der Waals surface area contributed by atoms with E-state index in [-0.39, 0.29) is 5.82 Å². The van der Waals surface area contributed by atoms with Gasteiger partial charge in [-0.1, -0.05) is 12.1 Å². The SMILES string of the molecule is COc1cc(-c2ccc(F)cc2)c2c(NCc3cc(-c4ccncc4)n[nH]3)ncnc2c1. The molecule has 3 aromatic heterocycles. The van der Waals surface area contributed by atoms with Gasteiger partial charge in [-0.05, 0) is 47.5 Å². The highest BCUT2D eigenvalue weighted by atomic mass is 19.1. The number of nitrogens with one attached hydrogen (secondary N) is 2. The summed E-state index contributed by atoms with van der Waals surface area (Å²) in [5.74, 6) is 1.04. The van der Waals surface area contributed by atoms with Crippen molar-refractivity contribution < 1.29 is 9.13 Å². The lowest BCUT2D eigenvalue weighted by Crippen LogP contribution is -2.04. The summed E-state index contributed by atoms with van der Waals surface area (Å²) in [6, 6.07) is 15.9. The number of halogens is 1. The minimum Gasteiger partial charge on any atom is -0.497 e. The summed E-state index contributed by atoms with van der Waals surface area (Å²) in [6.45, 7) is 0.485. The van der Waals surface area contributed by atoms with E-state index in [9.17, 15) is 4.39 Å². The van der Waals surface area contributed by atoms with Crippen LogP contribution >= 0.6 is 0 Å². The number of hydrogen-bond donors (Lipinski definition) is 2. The zero-order chi connectivity index (χ0) is 21.9. The second-order valence-corrected chi connectivity index (χ2v) is 7.17. The van der Waals surface area contributed by atoms with Gasteiger partial charge in [0.2, 0.25) is 0 Å². The summed E-state index contributed by atoms with van der Waals surface area (Å²) < 4.78 is 18.9. The van der Waals surface area contributed by atoms with Gasteiger partial charge < -0.3 is 10.1 Å². The summed E-state index contributed by atoms with van der Waals surface area (Å²) in [4.78, 5) is 12.9. The van der Waals surface area contributed by atoms with Gasteiger partial charge >= 0.3 is 0 Å². The maximum absolute atomic E-state index is 13.5. The first-order chi connectivity index (χ1) is 15.7. The molecule has 2 N–H and O–H groups in total. The first-order valence-electron chi connectivity index (χ1n) is 9.98. The van der Waals surface area contributed by atoms with Gasteiger partial charge in [0.05, 0.1) is 35.9 Å². The van der Waals surface area contributed by atoms with Crippen LogP contribution in [0.4, 0.5) is 10.2 Å². The molecule has 0 saturated heterocycles. The highest BCUT2D eigenvalue weighted by Gasteiger charge is 2.14. The molecule has 0 bridgehead atoms. The van der Waals surface area contributed by atoms with E-state index >= 15 is 0 Å². The second kappa shape index (κ2) is 8.43. The highest BCUT2D eigenvalue weighted by molar-refractivity contribution is 6.02. The fraction of sp³-hybridized carbons (Fsp3) is 0.0833. The van der Waals surface area contributed by atoms with Crippen molar-refractivity contribution in [2.24, 2.45) is 0 Å². The molecule has 5 rings (SSSR count). The van der Waals surface area contributed by atoms with E-state index in [1.807, 2.05) is 30.3 Å². The van der Waals surface area contributed by atoms with Gasteiger partial charge in [-0.15, -0.1) is 0 Å². The van der Waals surface area contributed by atoms with Crippen LogP contribution < -0.4 is 10.1 Å². The predicted octanol–water partition coefficient (Wildman–Crippen LogP) is 4.84. The number of pyridine rings is 1. The summed E-state index contributed by atoms with van der Waals surface area (Å²) in [6.07, 6.45) is 4.98. The Bertz CT molecular complexity index is 1370. The third kappa shape index (κ3) is 3.85. The molecule has 32 heavy (non-hydrogen) atoms. The fourth-order valence-electron chi connectivity index (χ4n) is 3.58. The number of ether oxygens (including phenoxy) is 1. The van der Waals surface area contributed by atoms with Crippen LogP contribution in [0, 0.1) is 5.82 Å². The topological polar surface area (TPSA) is 88.6 Å². The van der Waals surface area contributed by atoms with E-state index in [4.69, 9.17) is 4.74 Å². The minimum absolute atomic E-state index is 0.292. The zero-order valence-electron chi connectivity index (χ0n) is 17.2. The van der Waals surface area contributed by atoms with Gasteiger partial charge in [0, 0.05) is 24.0 Å². The molecule has 0 saturated carbocycles.